The highest BCUT2D eigenvalue weighted by molar-refractivity contribution is 7.16. The quantitative estimate of drug-likeness (QED) is 0.888. The van der Waals surface area contributed by atoms with Crippen molar-refractivity contribution in [3.63, 3.8) is 0 Å². The first-order valence-electron chi connectivity index (χ1n) is 7.00. The average molecular weight is 324 g/mol. The summed E-state index contributed by atoms with van der Waals surface area (Å²) in [5.74, 6) is 0.979. The number of thiophene rings is 1. The van der Waals surface area contributed by atoms with Gasteiger partial charge in [-0.3, -0.25) is 0 Å². The molecule has 2 aromatic rings. The van der Waals surface area contributed by atoms with Gasteiger partial charge in [0.15, 0.2) is 0 Å². The number of nitrogens with zero attached hydrogens (tertiary/aromatic N) is 2. The van der Waals surface area contributed by atoms with Crippen molar-refractivity contribution in [1.29, 1.82) is 0 Å². The molecule has 0 aliphatic carbocycles. The van der Waals surface area contributed by atoms with E-state index in [1.807, 2.05) is 12.1 Å². The van der Waals surface area contributed by atoms with E-state index in [9.17, 15) is 0 Å². The molecule has 0 aliphatic rings. The van der Waals surface area contributed by atoms with Crippen LogP contribution in [0.5, 0.6) is 0 Å². The third kappa shape index (κ3) is 5.30. The van der Waals surface area contributed by atoms with Crippen molar-refractivity contribution in [2.45, 2.75) is 39.4 Å². The number of nitrogens with one attached hydrogen (secondary N) is 1. The number of pyridine rings is 1. The molecule has 0 spiro atoms. The van der Waals surface area contributed by atoms with Crippen LogP contribution >= 0.6 is 22.9 Å². The summed E-state index contributed by atoms with van der Waals surface area (Å²) >= 11 is 7.59. The summed E-state index contributed by atoms with van der Waals surface area (Å²) in [6.45, 7) is 8.06. The highest BCUT2D eigenvalue weighted by Crippen LogP contribution is 2.23. The summed E-state index contributed by atoms with van der Waals surface area (Å²) in [4.78, 5) is 8.09. The Kier molecular flexibility index (Phi) is 5.25. The molecule has 1 N–H and O–H groups in total. The molecule has 0 radical (unpaired) electrons. The van der Waals surface area contributed by atoms with Crippen molar-refractivity contribution in [2.75, 3.05) is 11.9 Å². The number of hydrogen-bond donors (Lipinski definition) is 1. The van der Waals surface area contributed by atoms with Crippen LogP contribution in [0.15, 0.2) is 30.3 Å². The molecule has 0 atom stereocenters. The van der Waals surface area contributed by atoms with Crippen LogP contribution in [0.25, 0.3) is 0 Å². The van der Waals surface area contributed by atoms with Crippen molar-refractivity contribution < 1.29 is 0 Å². The number of aromatic nitrogens is 1. The van der Waals surface area contributed by atoms with Crippen molar-refractivity contribution in [1.82, 2.24) is 10.3 Å². The van der Waals surface area contributed by atoms with Crippen molar-refractivity contribution >= 4 is 28.8 Å². The second-order valence-electron chi connectivity index (χ2n) is 6.15. The minimum atomic E-state index is 0.0945. The van der Waals surface area contributed by atoms with E-state index in [-0.39, 0.29) is 5.54 Å². The van der Waals surface area contributed by atoms with Crippen LogP contribution in [0.3, 0.4) is 0 Å². The molecular weight excluding hydrogens is 302 g/mol. The Balaban J connectivity index is 2.02. The second-order valence-corrected chi connectivity index (χ2v) is 7.95. The minimum Gasteiger partial charge on any atom is -0.355 e. The SMILES string of the molecule is CN(Cc1ccc(Cl)s1)c1cccc(CNC(C)(C)C)n1. The van der Waals surface area contributed by atoms with E-state index in [0.717, 1.165) is 28.9 Å². The lowest BCUT2D eigenvalue weighted by Crippen LogP contribution is -2.35. The topological polar surface area (TPSA) is 28.2 Å². The van der Waals surface area contributed by atoms with Crippen LogP contribution in [-0.4, -0.2) is 17.6 Å². The van der Waals surface area contributed by atoms with Crippen LogP contribution in [0.1, 0.15) is 31.3 Å². The average Bonchev–Trinajstić information content (AvgIpc) is 2.81. The second kappa shape index (κ2) is 6.77. The summed E-state index contributed by atoms with van der Waals surface area (Å²) in [7, 11) is 2.05. The van der Waals surface area contributed by atoms with Gasteiger partial charge in [-0.25, -0.2) is 4.98 Å². The number of anilines is 1. The Morgan fingerprint density at radius 3 is 2.62 bits per heavy atom. The lowest BCUT2D eigenvalue weighted by molar-refractivity contribution is 0.421. The molecule has 0 fully saturated rings. The maximum Gasteiger partial charge on any atom is 0.128 e. The van der Waals surface area contributed by atoms with Gasteiger partial charge in [0.1, 0.15) is 5.82 Å². The largest absolute Gasteiger partial charge is 0.355 e. The highest BCUT2D eigenvalue weighted by Gasteiger charge is 2.10. The van der Waals surface area contributed by atoms with E-state index < -0.39 is 0 Å². The maximum absolute atomic E-state index is 5.98. The Labute approximate surface area is 136 Å². The Hall–Kier alpha value is -1.10. The lowest BCUT2D eigenvalue weighted by Gasteiger charge is -2.21. The Bertz CT molecular complexity index is 589. The molecule has 2 rings (SSSR count). The highest BCUT2D eigenvalue weighted by atomic mass is 35.5. The van der Waals surface area contributed by atoms with Gasteiger partial charge in [0, 0.05) is 24.0 Å². The van der Waals surface area contributed by atoms with Crippen molar-refractivity contribution in [2.24, 2.45) is 0 Å². The van der Waals surface area contributed by atoms with Gasteiger partial charge >= 0.3 is 0 Å². The molecule has 2 aromatic heterocycles. The van der Waals surface area contributed by atoms with Crippen LogP contribution < -0.4 is 10.2 Å². The molecule has 0 aliphatic heterocycles. The van der Waals surface area contributed by atoms with Gasteiger partial charge < -0.3 is 10.2 Å². The fourth-order valence-electron chi connectivity index (χ4n) is 1.89. The van der Waals surface area contributed by atoms with Crippen LogP contribution in [0, 0.1) is 0 Å². The zero-order valence-electron chi connectivity index (χ0n) is 13.0. The zero-order valence-corrected chi connectivity index (χ0v) is 14.6. The predicted molar refractivity (Wildman–Crippen MR) is 92.3 cm³/mol. The van der Waals surface area contributed by atoms with Gasteiger partial charge in [-0.05, 0) is 45.0 Å². The molecule has 0 unspecified atom stereocenters. The molecule has 0 bridgehead atoms. The third-order valence-electron chi connectivity index (χ3n) is 3.00. The Morgan fingerprint density at radius 2 is 2.00 bits per heavy atom. The molecule has 5 heteroatoms. The number of hydrogen-bond acceptors (Lipinski definition) is 4. The van der Waals surface area contributed by atoms with E-state index >= 15 is 0 Å². The standard InChI is InChI=1S/C16H22ClN3S/c1-16(2,3)18-10-12-6-5-7-15(19-12)20(4)11-13-8-9-14(17)21-13/h5-9,18H,10-11H2,1-4H3. The molecule has 0 saturated heterocycles. The van der Waals surface area contributed by atoms with Gasteiger partial charge in [-0.15, -0.1) is 11.3 Å². The predicted octanol–water partition coefficient (Wildman–Crippen LogP) is 4.32. The van der Waals surface area contributed by atoms with Crippen molar-refractivity contribution in [3.05, 3.63) is 45.2 Å². The summed E-state index contributed by atoms with van der Waals surface area (Å²) in [6, 6.07) is 10.1. The maximum atomic E-state index is 5.98. The minimum absolute atomic E-state index is 0.0945. The molecule has 3 nitrogen and oxygen atoms in total. The molecule has 2 heterocycles. The van der Waals surface area contributed by atoms with Gasteiger partial charge in [0.05, 0.1) is 16.6 Å². The molecular formula is C16H22ClN3S. The number of halogens is 1. The summed E-state index contributed by atoms with van der Waals surface area (Å²) in [6.07, 6.45) is 0. The summed E-state index contributed by atoms with van der Waals surface area (Å²) < 4.78 is 0.828. The van der Waals surface area contributed by atoms with Crippen LogP contribution in [0.4, 0.5) is 5.82 Å². The first-order chi connectivity index (χ1) is 9.83. The Morgan fingerprint density at radius 1 is 1.24 bits per heavy atom. The van der Waals surface area contributed by atoms with Gasteiger partial charge in [-0.1, -0.05) is 17.7 Å². The van der Waals surface area contributed by atoms with E-state index in [1.165, 1.54) is 4.88 Å². The smallest absolute Gasteiger partial charge is 0.128 e. The summed E-state index contributed by atoms with van der Waals surface area (Å²) in [5.41, 5.74) is 1.15. The van der Waals surface area contributed by atoms with Crippen LogP contribution in [0.2, 0.25) is 4.34 Å². The van der Waals surface area contributed by atoms with Gasteiger partial charge in [0.25, 0.3) is 0 Å². The monoisotopic (exact) mass is 323 g/mol. The molecule has 0 amide bonds. The summed E-state index contributed by atoms with van der Waals surface area (Å²) in [5, 5.41) is 3.46. The van der Waals surface area contributed by atoms with E-state index in [4.69, 9.17) is 16.6 Å². The first-order valence-corrected chi connectivity index (χ1v) is 8.19. The van der Waals surface area contributed by atoms with E-state index in [0.29, 0.717) is 0 Å². The fraction of sp³-hybridized carbons (Fsp3) is 0.438. The molecule has 114 valence electrons. The first kappa shape index (κ1) is 16.3. The van der Waals surface area contributed by atoms with Crippen LogP contribution in [-0.2, 0) is 13.1 Å². The normalized spacial score (nSPS) is 11.7. The lowest BCUT2D eigenvalue weighted by atomic mass is 10.1. The van der Waals surface area contributed by atoms with E-state index in [1.54, 1.807) is 11.3 Å². The molecule has 0 aromatic carbocycles. The fourth-order valence-corrected chi connectivity index (χ4v) is 3.03. The zero-order chi connectivity index (χ0) is 15.5. The van der Waals surface area contributed by atoms with Gasteiger partial charge in [0.2, 0.25) is 0 Å². The molecule has 21 heavy (non-hydrogen) atoms. The van der Waals surface area contributed by atoms with Gasteiger partial charge in [-0.2, -0.15) is 0 Å². The molecule has 0 saturated carbocycles. The number of rotatable bonds is 5. The van der Waals surface area contributed by atoms with Crippen molar-refractivity contribution in [3.8, 4) is 0 Å². The van der Waals surface area contributed by atoms with E-state index in [2.05, 4.69) is 56.2 Å². The third-order valence-corrected chi connectivity index (χ3v) is 4.22.